The zero-order chi connectivity index (χ0) is 16.5. The van der Waals surface area contributed by atoms with E-state index in [2.05, 4.69) is 61.5 Å². The largest absolute Gasteiger partial charge is 0.462 e. The minimum atomic E-state index is 0.948. The predicted octanol–water partition coefficient (Wildman–Crippen LogP) is 6.30. The molecule has 0 saturated heterocycles. The van der Waals surface area contributed by atoms with Crippen molar-refractivity contribution in [3.8, 4) is 11.1 Å². The first kappa shape index (κ1) is 15.0. The highest BCUT2D eigenvalue weighted by Gasteiger charge is 2.19. The Bertz CT molecular complexity index is 894. The Morgan fingerprint density at radius 2 is 1.79 bits per heavy atom. The molecule has 1 heteroatoms. The van der Waals surface area contributed by atoms with Crippen LogP contribution in [0.15, 0.2) is 59.0 Å². The summed E-state index contributed by atoms with van der Waals surface area (Å²) in [5, 5.41) is 0. The Morgan fingerprint density at radius 1 is 0.958 bits per heavy atom. The Balaban J connectivity index is 1.72. The van der Waals surface area contributed by atoms with Gasteiger partial charge in [0.25, 0.3) is 0 Å². The number of benzene rings is 2. The van der Waals surface area contributed by atoms with Gasteiger partial charge in [-0.25, -0.2) is 0 Å². The van der Waals surface area contributed by atoms with E-state index in [0.717, 1.165) is 24.4 Å². The minimum Gasteiger partial charge on any atom is -0.462 e. The molecule has 24 heavy (non-hydrogen) atoms. The van der Waals surface area contributed by atoms with Gasteiger partial charge in [0.2, 0.25) is 0 Å². The van der Waals surface area contributed by atoms with Crippen molar-refractivity contribution >= 4 is 11.6 Å². The Hall–Kier alpha value is -2.54. The van der Waals surface area contributed by atoms with Gasteiger partial charge in [0.05, 0.1) is 0 Å². The van der Waals surface area contributed by atoms with Crippen LogP contribution in [0.25, 0.3) is 22.8 Å². The van der Waals surface area contributed by atoms with Gasteiger partial charge in [0.1, 0.15) is 11.5 Å². The fourth-order valence-electron chi connectivity index (χ4n) is 3.52. The van der Waals surface area contributed by atoms with Gasteiger partial charge in [-0.05, 0) is 64.9 Å². The minimum absolute atomic E-state index is 0.948. The molecule has 4 rings (SSSR count). The number of rotatable bonds is 4. The Labute approximate surface area is 143 Å². The summed E-state index contributed by atoms with van der Waals surface area (Å²) in [7, 11) is 0. The van der Waals surface area contributed by atoms with E-state index in [1.54, 1.807) is 0 Å². The van der Waals surface area contributed by atoms with E-state index in [1.807, 2.05) is 13.0 Å². The zero-order valence-corrected chi connectivity index (χ0v) is 14.3. The molecule has 0 aliphatic heterocycles. The number of hydrogen-bond acceptors (Lipinski definition) is 1. The van der Waals surface area contributed by atoms with Crippen LogP contribution in [0, 0.1) is 6.92 Å². The molecule has 1 aliphatic rings. The third-order valence-electron chi connectivity index (χ3n) is 4.76. The lowest BCUT2D eigenvalue weighted by Crippen LogP contribution is -1.88. The quantitative estimate of drug-likeness (QED) is 0.550. The van der Waals surface area contributed by atoms with Crippen LogP contribution in [0.2, 0.25) is 0 Å². The summed E-state index contributed by atoms with van der Waals surface area (Å²) >= 11 is 0. The number of furan rings is 1. The first-order chi connectivity index (χ1) is 11.7. The lowest BCUT2D eigenvalue weighted by atomic mass is 9.96. The molecule has 3 aromatic rings. The summed E-state index contributed by atoms with van der Waals surface area (Å²) in [5.74, 6) is 1.96. The van der Waals surface area contributed by atoms with E-state index in [4.69, 9.17) is 4.42 Å². The molecule has 1 nitrogen and oxygen atoms in total. The topological polar surface area (TPSA) is 13.1 Å². The molecular weight excluding hydrogens is 292 g/mol. The lowest BCUT2D eigenvalue weighted by molar-refractivity contribution is 0.521. The number of aryl methyl sites for hydroxylation is 2. The second kappa shape index (κ2) is 6.16. The van der Waals surface area contributed by atoms with E-state index < -0.39 is 0 Å². The maximum Gasteiger partial charge on any atom is 0.130 e. The third kappa shape index (κ3) is 2.71. The predicted molar refractivity (Wildman–Crippen MR) is 101 cm³/mol. The number of allylic oxidation sites excluding steroid dienone is 1. The Kier molecular flexibility index (Phi) is 3.86. The van der Waals surface area contributed by atoms with E-state index in [-0.39, 0.29) is 0 Å². The van der Waals surface area contributed by atoms with Gasteiger partial charge in [-0.2, -0.15) is 0 Å². The van der Waals surface area contributed by atoms with E-state index in [9.17, 15) is 0 Å². The van der Waals surface area contributed by atoms with Crippen LogP contribution in [0.5, 0.6) is 0 Å². The first-order valence-corrected chi connectivity index (χ1v) is 8.73. The second-order valence-corrected chi connectivity index (χ2v) is 6.58. The summed E-state index contributed by atoms with van der Waals surface area (Å²) in [5.41, 5.74) is 8.01. The van der Waals surface area contributed by atoms with Crippen LogP contribution in [0.3, 0.4) is 0 Å². The van der Waals surface area contributed by atoms with Crippen molar-refractivity contribution in [2.45, 2.75) is 33.1 Å². The number of hydrogen-bond donors (Lipinski definition) is 0. The normalized spacial score (nSPS) is 13.0. The second-order valence-electron chi connectivity index (χ2n) is 6.58. The fourth-order valence-corrected chi connectivity index (χ4v) is 3.52. The van der Waals surface area contributed by atoms with Crippen LogP contribution in [-0.4, -0.2) is 0 Å². The van der Waals surface area contributed by atoms with Gasteiger partial charge >= 0.3 is 0 Å². The zero-order valence-electron chi connectivity index (χ0n) is 14.3. The SMILES string of the molecule is CCCc1ccc(-c2cccc3c2C=C(c2ccc(C)o2)C3)cc1. The van der Waals surface area contributed by atoms with Crippen LogP contribution < -0.4 is 0 Å². The fraction of sp³-hybridized carbons (Fsp3) is 0.217. The maximum atomic E-state index is 5.82. The van der Waals surface area contributed by atoms with Gasteiger partial charge in [-0.1, -0.05) is 55.8 Å². The van der Waals surface area contributed by atoms with Crippen molar-refractivity contribution in [2.24, 2.45) is 0 Å². The molecule has 0 radical (unpaired) electrons. The van der Waals surface area contributed by atoms with Gasteiger partial charge in [-0.3, -0.25) is 0 Å². The van der Waals surface area contributed by atoms with Gasteiger partial charge in [-0.15, -0.1) is 0 Å². The monoisotopic (exact) mass is 314 g/mol. The van der Waals surface area contributed by atoms with E-state index in [1.165, 1.54) is 39.8 Å². The molecule has 0 amide bonds. The molecule has 120 valence electrons. The molecule has 0 fully saturated rings. The summed E-state index contributed by atoms with van der Waals surface area (Å²) in [6, 6.07) is 19.7. The van der Waals surface area contributed by atoms with Crippen molar-refractivity contribution in [2.75, 3.05) is 0 Å². The molecule has 1 aliphatic carbocycles. The maximum absolute atomic E-state index is 5.82. The number of fused-ring (bicyclic) bond motifs is 1. The summed E-state index contributed by atoms with van der Waals surface area (Å²) in [4.78, 5) is 0. The van der Waals surface area contributed by atoms with Crippen molar-refractivity contribution in [3.63, 3.8) is 0 Å². The highest BCUT2D eigenvalue weighted by molar-refractivity contribution is 5.92. The summed E-state index contributed by atoms with van der Waals surface area (Å²) in [6.45, 7) is 4.22. The highest BCUT2D eigenvalue weighted by Crippen LogP contribution is 2.38. The smallest absolute Gasteiger partial charge is 0.130 e. The molecule has 0 saturated carbocycles. The summed E-state index contributed by atoms with van der Waals surface area (Å²) in [6.07, 6.45) is 5.58. The van der Waals surface area contributed by atoms with Crippen LogP contribution in [0.4, 0.5) is 0 Å². The van der Waals surface area contributed by atoms with Crippen LogP contribution in [-0.2, 0) is 12.8 Å². The molecule has 0 unspecified atom stereocenters. The molecule has 0 N–H and O–H groups in total. The summed E-state index contributed by atoms with van der Waals surface area (Å²) < 4.78 is 5.82. The van der Waals surface area contributed by atoms with E-state index in [0.29, 0.717) is 0 Å². The molecule has 0 spiro atoms. The van der Waals surface area contributed by atoms with Crippen molar-refractivity contribution < 1.29 is 4.42 Å². The molecule has 0 bridgehead atoms. The van der Waals surface area contributed by atoms with Crippen LogP contribution in [0.1, 0.15) is 41.6 Å². The van der Waals surface area contributed by atoms with E-state index >= 15 is 0 Å². The first-order valence-electron chi connectivity index (χ1n) is 8.73. The lowest BCUT2D eigenvalue weighted by Gasteiger charge is -2.08. The molecule has 1 heterocycles. The van der Waals surface area contributed by atoms with Gasteiger partial charge in [0, 0.05) is 6.42 Å². The van der Waals surface area contributed by atoms with Crippen molar-refractivity contribution in [3.05, 3.63) is 82.8 Å². The molecule has 0 atom stereocenters. The van der Waals surface area contributed by atoms with Crippen molar-refractivity contribution in [1.29, 1.82) is 0 Å². The standard InChI is InChI=1S/C23H22O/c1-3-5-17-9-11-18(12-10-17)21-7-4-6-19-14-20(15-22(19)21)23-13-8-16(2)24-23/h4,6-13,15H,3,5,14H2,1-2H3. The molecule has 1 aromatic heterocycles. The highest BCUT2D eigenvalue weighted by atomic mass is 16.3. The molecular formula is C23H22O. The Morgan fingerprint density at radius 3 is 2.50 bits per heavy atom. The van der Waals surface area contributed by atoms with Gasteiger partial charge in [0.15, 0.2) is 0 Å². The third-order valence-corrected chi connectivity index (χ3v) is 4.76. The van der Waals surface area contributed by atoms with Gasteiger partial charge < -0.3 is 4.42 Å². The van der Waals surface area contributed by atoms with Crippen LogP contribution >= 0.6 is 0 Å². The molecule has 2 aromatic carbocycles. The van der Waals surface area contributed by atoms with Crippen molar-refractivity contribution in [1.82, 2.24) is 0 Å². The average molecular weight is 314 g/mol. The average Bonchev–Trinajstić information content (AvgIpc) is 3.21.